The minimum absolute atomic E-state index is 0.383. The Morgan fingerprint density at radius 3 is 2.94 bits per heavy atom. The van der Waals surface area contributed by atoms with Crippen molar-refractivity contribution in [3.8, 4) is 0 Å². The summed E-state index contributed by atoms with van der Waals surface area (Å²) in [6.07, 6.45) is 2.71. The van der Waals surface area contributed by atoms with E-state index in [0.29, 0.717) is 11.5 Å². The van der Waals surface area contributed by atoms with Gasteiger partial charge < -0.3 is 5.32 Å². The van der Waals surface area contributed by atoms with Crippen LogP contribution in [0.15, 0.2) is 18.3 Å². The van der Waals surface area contributed by atoms with Crippen LogP contribution in [0, 0.1) is 11.4 Å². The van der Waals surface area contributed by atoms with Crippen LogP contribution in [0.2, 0.25) is 0 Å². The monoisotopic (exact) mass is 240 g/mol. The van der Waals surface area contributed by atoms with Crippen molar-refractivity contribution in [2.45, 2.75) is 26.3 Å². The van der Waals surface area contributed by atoms with Crippen molar-refractivity contribution in [2.24, 2.45) is 5.41 Å². The van der Waals surface area contributed by atoms with E-state index in [2.05, 4.69) is 24.1 Å². The number of rotatable bonds is 2. The van der Waals surface area contributed by atoms with Crippen LogP contribution in [0.25, 0.3) is 0 Å². The van der Waals surface area contributed by atoms with Gasteiger partial charge in [-0.25, -0.2) is 4.98 Å². The molecule has 0 aromatic carbocycles. The predicted octanol–water partition coefficient (Wildman–Crippen LogP) is 3.16. The molecule has 0 spiro atoms. The molecule has 88 valence electrons. The van der Waals surface area contributed by atoms with E-state index in [1.54, 1.807) is 12.3 Å². The van der Waals surface area contributed by atoms with Gasteiger partial charge in [0.15, 0.2) is 0 Å². The highest BCUT2D eigenvalue weighted by Gasteiger charge is 2.28. The molecule has 1 N–H and O–H groups in total. The molecule has 0 bridgehead atoms. The normalized spacial score (nSPS) is 24.1. The molecule has 0 saturated carbocycles. The molecule has 0 aliphatic carbocycles. The van der Waals surface area contributed by atoms with Crippen LogP contribution >= 0.6 is 11.8 Å². The summed E-state index contributed by atoms with van der Waals surface area (Å²) < 4.78 is 12.6. The second-order valence-electron chi connectivity index (χ2n) is 5.09. The predicted molar refractivity (Wildman–Crippen MR) is 67.3 cm³/mol. The van der Waals surface area contributed by atoms with Crippen LogP contribution in [0.4, 0.5) is 10.1 Å². The number of thioether (sulfide) groups is 1. The number of aromatic nitrogens is 1. The molecule has 4 heteroatoms. The lowest BCUT2D eigenvalue weighted by molar-refractivity contribution is 0.358. The third-order valence-corrected chi connectivity index (χ3v) is 4.33. The van der Waals surface area contributed by atoms with E-state index in [1.807, 2.05) is 11.8 Å². The van der Waals surface area contributed by atoms with Crippen LogP contribution in [-0.2, 0) is 0 Å². The Kier molecular flexibility index (Phi) is 3.38. The Balaban J connectivity index is 1.97. The van der Waals surface area contributed by atoms with Gasteiger partial charge in [0.05, 0.1) is 11.9 Å². The van der Waals surface area contributed by atoms with Crippen molar-refractivity contribution in [1.82, 2.24) is 4.98 Å². The second-order valence-corrected chi connectivity index (χ2v) is 6.12. The van der Waals surface area contributed by atoms with Crippen molar-refractivity contribution in [2.75, 3.05) is 16.8 Å². The minimum Gasteiger partial charge on any atom is -0.380 e. The zero-order valence-electron chi connectivity index (χ0n) is 9.66. The van der Waals surface area contributed by atoms with E-state index in [9.17, 15) is 4.39 Å². The third-order valence-electron chi connectivity index (χ3n) is 2.71. The first-order valence-electron chi connectivity index (χ1n) is 5.51. The quantitative estimate of drug-likeness (QED) is 0.804. The molecule has 1 fully saturated rings. The number of nitrogens with one attached hydrogen (secondary N) is 1. The fourth-order valence-corrected chi connectivity index (χ4v) is 3.33. The molecule has 0 radical (unpaired) electrons. The van der Waals surface area contributed by atoms with Gasteiger partial charge in [0, 0.05) is 11.8 Å². The van der Waals surface area contributed by atoms with Gasteiger partial charge >= 0.3 is 0 Å². The lowest BCUT2D eigenvalue weighted by Crippen LogP contribution is -2.35. The first kappa shape index (κ1) is 11.7. The maximum Gasteiger partial charge on any atom is 0.212 e. The standard InChI is InChI=1S/C12H17FN2S/c1-12(2)5-10(7-16-8-12)15-9-3-4-11(13)14-6-9/h3-4,6,10,15H,5,7-8H2,1-2H3. The maximum atomic E-state index is 12.6. The van der Waals surface area contributed by atoms with Crippen molar-refractivity contribution < 1.29 is 4.39 Å². The Bertz CT molecular complexity index is 351. The summed E-state index contributed by atoms with van der Waals surface area (Å²) in [5.74, 6) is 1.90. The molecule has 1 aliphatic heterocycles. The van der Waals surface area contributed by atoms with Crippen LogP contribution < -0.4 is 5.32 Å². The molecular formula is C12H17FN2S. The number of anilines is 1. The largest absolute Gasteiger partial charge is 0.380 e. The van der Waals surface area contributed by atoms with Gasteiger partial charge in [0.2, 0.25) is 5.95 Å². The summed E-state index contributed by atoms with van der Waals surface area (Å²) in [7, 11) is 0. The number of pyridine rings is 1. The van der Waals surface area contributed by atoms with Gasteiger partial charge in [-0.3, -0.25) is 0 Å². The zero-order valence-corrected chi connectivity index (χ0v) is 10.5. The van der Waals surface area contributed by atoms with Gasteiger partial charge in [-0.15, -0.1) is 0 Å². The van der Waals surface area contributed by atoms with Gasteiger partial charge in [0.1, 0.15) is 0 Å². The zero-order chi connectivity index (χ0) is 11.6. The Morgan fingerprint density at radius 1 is 1.50 bits per heavy atom. The van der Waals surface area contributed by atoms with Gasteiger partial charge in [0.25, 0.3) is 0 Å². The van der Waals surface area contributed by atoms with E-state index < -0.39 is 5.95 Å². The summed E-state index contributed by atoms with van der Waals surface area (Å²) in [5.41, 5.74) is 1.29. The van der Waals surface area contributed by atoms with Gasteiger partial charge in [-0.2, -0.15) is 16.2 Å². The van der Waals surface area contributed by atoms with Crippen molar-refractivity contribution in [3.63, 3.8) is 0 Å². The Morgan fingerprint density at radius 2 is 2.31 bits per heavy atom. The molecule has 2 nitrogen and oxygen atoms in total. The van der Waals surface area contributed by atoms with Crippen LogP contribution in [0.1, 0.15) is 20.3 Å². The first-order chi connectivity index (χ1) is 7.55. The van der Waals surface area contributed by atoms with Crippen LogP contribution in [-0.4, -0.2) is 22.5 Å². The molecular weight excluding hydrogens is 223 g/mol. The van der Waals surface area contributed by atoms with Crippen molar-refractivity contribution >= 4 is 17.4 Å². The van der Waals surface area contributed by atoms with Crippen molar-refractivity contribution in [3.05, 3.63) is 24.3 Å². The Hall–Kier alpha value is -0.770. The highest BCUT2D eigenvalue weighted by Crippen LogP contribution is 2.34. The summed E-state index contributed by atoms with van der Waals surface area (Å²) in [5, 5.41) is 3.41. The molecule has 0 amide bonds. The molecule has 1 aliphatic rings. The molecule has 2 heterocycles. The summed E-state index contributed by atoms with van der Waals surface area (Å²) in [6, 6.07) is 3.60. The highest BCUT2D eigenvalue weighted by atomic mass is 32.2. The topological polar surface area (TPSA) is 24.9 Å². The molecule has 2 rings (SSSR count). The summed E-state index contributed by atoms with van der Waals surface area (Å²) >= 11 is 1.98. The molecule has 16 heavy (non-hydrogen) atoms. The SMILES string of the molecule is CC1(C)CSCC(Nc2ccc(F)nc2)C1. The fraction of sp³-hybridized carbons (Fsp3) is 0.583. The number of hydrogen-bond donors (Lipinski definition) is 1. The van der Waals surface area contributed by atoms with E-state index >= 15 is 0 Å². The number of halogens is 1. The maximum absolute atomic E-state index is 12.6. The average molecular weight is 240 g/mol. The minimum atomic E-state index is -0.427. The Labute approximate surface area is 100 Å². The summed E-state index contributed by atoms with van der Waals surface area (Å²) in [4.78, 5) is 3.64. The number of hydrogen-bond acceptors (Lipinski definition) is 3. The molecule has 1 unspecified atom stereocenters. The third kappa shape index (κ3) is 3.11. The van der Waals surface area contributed by atoms with E-state index in [0.717, 1.165) is 17.9 Å². The fourth-order valence-electron chi connectivity index (χ4n) is 2.05. The van der Waals surface area contributed by atoms with Gasteiger partial charge in [-0.05, 0) is 29.7 Å². The average Bonchev–Trinajstić information content (AvgIpc) is 2.20. The molecule has 1 atom stereocenters. The highest BCUT2D eigenvalue weighted by molar-refractivity contribution is 7.99. The lowest BCUT2D eigenvalue weighted by atomic mass is 9.88. The number of nitrogens with zero attached hydrogens (tertiary/aromatic N) is 1. The second kappa shape index (κ2) is 4.62. The van der Waals surface area contributed by atoms with E-state index in [-0.39, 0.29) is 0 Å². The van der Waals surface area contributed by atoms with E-state index in [4.69, 9.17) is 0 Å². The summed E-state index contributed by atoms with van der Waals surface area (Å²) in [6.45, 7) is 4.58. The van der Waals surface area contributed by atoms with E-state index in [1.165, 1.54) is 11.8 Å². The first-order valence-corrected chi connectivity index (χ1v) is 6.66. The smallest absolute Gasteiger partial charge is 0.212 e. The molecule has 1 saturated heterocycles. The molecule has 1 aromatic heterocycles. The van der Waals surface area contributed by atoms with Crippen molar-refractivity contribution in [1.29, 1.82) is 0 Å². The van der Waals surface area contributed by atoms with Gasteiger partial charge in [-0.1, -0.05) is 13.8 Å². The molecule has 1 aromatic rings. The lowest BCUT2D eigenvalue weighted by Gasteiger charge is -2.35. The van der Waals surface area contributed by atoms with Crippen LogP contribution in [0.5, 0.6) is 0 Å². The van der Waals surface area contributed by atoms with Crippen LogP contribution in [0.3, 0.4) is 0 Å².